The first kappa shape index (κ1) is 13.7. The number of amides is 1. The smallest absolute Gasteiger partial charge is 0.237 e. The summed E-state index contributed by atoms with van der Waals surface area (Å²) < 4.78 is 5.25. The van der Waals surface area contributed by atoms with Crippen molar-refractivity contribution in [2.24, 2.45) is 0 Å². The van der Waals surface area contributed by atoms with Crippen molar-refractivity contribution < 1.29 is 9.32 Å². The van der Waals surface area contributed by atoms with Crippen LogP contribution in [0.4, 0.5) is 0 Å². The largest absolute Gasteiger partial charge is 0.353 e. The first-order valence-corrected chi connectivity index (χ1v) is 6.91. The molecule has 1 fully saturated rings. The third-order valence-electron chi connectivity index (χ3n) is 3.32. The molecule has 2 aromatic heterocycles. The maximum Gasteiger partial charge on any atom is 0.237 e. The monoisotopic (exact) mass is 287 g/mol. The zero-order chi connectivity index (χ0) is 14.8. The molecule has 0 spiro atoms. The Bertz CT molecular complexity index is 647. The number of piperazine rings is 1. The molecule has 110 valence electrons. The summed E-state index contributed by atoms with van der Waals surface area (Å²) in [6.45, 7) is 5.25. The quantitative estimate of drug-likeness (QED) is 0.847. The third-order valence-corrected chi connectivity index (χ3v) is 3.32. The molecule has 0 bridgehead atoms. The van der Waals surface area contributed by atoms with E-state index in [1.54, 1.807) is 0 Å². The Labute approximate surface area is 122 Å². The van der Waals surface area contributed by atoms with E-state index in [1.165, 1.54) is 0 Å². The fourth-order valence-corrected chi connectivity index (χ4v) is 2.41. The number of pyridine rings is 1. The lowest BCUT2D eigenvalue weighted by Crippen LogP contribution is -2.53. The van der Waals surface area contributed by atoms with E-state index in [1.807, 2.05) is 26.0 Å². The molecule has 3 rings (SSSR count). The second kappa shape index (κ2) is 5.61. The van der Waals surface area contributed by atoms with Gasteiger partial charge in [-0.3, -0.25) is 9.78 Å². The van der Waals surface area contributed by atoms with Crippen LogP contribution in [-0.4, -0.2) is 40.2 Å². The van der Waals surface area contributed by atoms with E-state index in [0.29, 0.717) is 24.7 Å². The van der Waals surface area contributed by atoms with Gasteiger partial charge in [-0.1, -0.05) is 5.16 Å². The van der Waals surface area contributed by atoms with Crippen molar-refractivity contribution in [3.05, 3.63) is 29.4 Å². The molecule has 21 heavy (non-hydrogen) atoms. The molecule has 1 aliphatic heterocycles. The molecule has 0 radical (unpaired) electrons. The van der Waals surface area contributed by atoms with Gasteiger partial charge in [-0.15, -0.1) is 0 Å². The molecule has 0 aliphatic carbocycles. The van der Waals surface area contributed by atoms with Crippen molar-refractivity contribution in [3.8, 4) is 11.4 Å². The van der Waals surface area contributed by atoms with Crippen LogP contribution in [0.15, 0.2) is 16.7 Å². The zero-order valence-corrected chi connectivity index (χ0v) is 12.0. The van der Waals surface area contributed by atoms with Crippen LogP contribution in [0.25, 0.3) is 11.4 Å². The minimum absolute atomic E-state index is 0.0309. The summed E-state index contributed by atoms with van der Waals surface area (Å²) in [5.74, 6) is 0.943. The molecule has 3 heterocycles. The molecule has 2 N–H and O–H groups in total. The maximum absolute atomic E-state index is 11.7. The summed E-state index contributed by atoms with van der Waals surface area (Å²) in [4.78, 5) is 20.4. The van der Waals surface area contributed by atoms with Crippen LogP contribution in [0.1, 0.15) is 17.3 Å². The predicted molar refractivity (Wildman–Crippen MR) is 75.5 cm³/mol. The minimum Gasteiger partial charge on any atom is -0.353 e. The molecule has 1 amide bonds. The van der Waals surface area contributed by atoms with Crippen molar-refractivity contribution >= 4 is 5.91 Å². The Hall–Kier alpha value is -2.28. The lowest BCUT2D eigenvalue weighted by atomic mass is 10.1. The highest BCUT2D eigenvalue weighted by atomic mass is 16.5. The number of rotatable bonds is 3. The molecular formula is C14H17N5O2. The Morgan fingerprint density at radius 3 is 2.71 bits per heavy atom. The van der Waals surface area contributed by atoms with E-state index in [9.17, 15) is 4.79 Å². The van der Waals surface area contributed by atoms with Crippen molar-refractivity contribution in [2.75, 3.05) is 13.1 Å². The highest BCUT2D eigenvalue weighted by Crippen LogP contribution is 2.18. The number of hydrogen-bond acceptors (Lipinski definition) is 6. The SMILES string of the molecule is Cc1cc(-c2noc(CC3NCCNC3=O)n2)cc(C)n1. The standard InChI is InChI=1S/C14H17N5O2/c1-8-5-10(6-9(2)17-8)13-18-12(21-19-13)7-11-14(20)16-4-3-15-11/h5-6,11,15H,3-4,7H2,1-2H3,(H,16,20). The van der Waals surface area contributed by atoms with Gasteiger partial charge in [0, 0.05) is 30.0 Å². The van der Waals surface area contributed by atoms with E-state index in [0.717, 1.165) is 23.5 Å². The molecule has 7 heteroatoms. The lowest BCUT2D eigenvalue weighted by Gasteiger charge is -2.21. The number of nitrogens with one attached hydrogen (secondary N) is 2. The Kier molecular flexibility index (Phi) is 3.66. The number of aryl methyl sites for hydroxylation is 2. The molecular weight excluding hydrogens is 270 g/mol. The number of aromatic nitrogens is 3. The van der Waals surface area contributed by atoms with E-state index >= 15 is 0 Å². The fourth-order valence-electron chi connectivity index (χ4n) is 2.41. The Morgan fingerprint density at radius 2 is 2.00 bits per heavy atom. The van der Waals surface area contributed by atoms with E-state index in [-0.39, 0.29) is 11.9 Å². The number of carbonyl (C=O) groups is 1. The Morgan fingerprint density at radius 1 is 1.24 bits per heavy atom. The molecule has 1 unspecified atom stereocenters. The summed E-state index contributed by atoms with van der Waals surface area (Å²) >= 11 is 0. The van der Waals surface area contributed by atoms with Gasteiger partial charge in [0.25, 0.3) is 0 Å². The average molecular weight is 287 g/mol. The molecule has 7 nitrogen and oxygen atoms in total. The van der Waals surface area contributed by atoms with Crippen molar-refractivity contribution in [1.82, 2.24) is 25.8 Å². The fraction of sp³-hybridized carbons (Fsp3) is 0.429. The van der Waals surface area contributed by atoms with Gasteiger partial charge in [-0.2, -0.15) is 4.98 Å². The first-order chi connectivity index (χ1) is 10.1. The number of carbonyl (C=O) groups excluding carboxylic acids is 1. The van der Waals surface area contributed by atoms with Crippen LogP contribution in [0.3, 0.4) is 0 Å². The molecule has 1 aliphatic rings. The lowest BCUT2D eigenvalue weighted by molar-refractivity contribution is -0.124. The molecule has 1 saturated heterocycles. The highest BCUT2D eigenvalue weighted by Gasteiger charge is 2.24. The maximum atomic E-state index is 11.7. The van der Waals surface area contributed by atoms with E-state index in [2.05, 4.69) is 25.8 Å². The van der Waals surface area contributed by atoms with Gasteiger partial charge < -0.3 is 15.2 Å². The van der Waals surface area contributed by atoms with E-state index in [4.69, 9.17) is 4.52 Å². The van der Waals surface area contributed by atoms with Crippen molar-refractivity contribution in [1.29, 1.82) is 0 Å². The van der Waals surface area contributed by atoms with Gasteiger partial charge >= 0.3 is 0 Å². The molecule has 2 aromatic rings. The predicted octanol–water partition coefficient (Wildman–Crippen LogP) is 0.379. The topological polar surface area (TPSA) is 92.9 Å². The zero-order valence-electron chi connectivity index (χ0n) is 12.0. The summed E-state index contributed by atoms with van der Waals surface area (Å²) in [5, 5.41) is 9.93. The van der Waals surface area contributed by atoms with Crippen molar-refractivity contribution in [3.63, 3.8) is 0 Å². The van der Waals surface area contributed by atoms with Crippen LogP contribution < -0.4 is 10.6 Å². The molecule has 1 atom stereocenters. The van der Waals surface area contributed by atoms with Crippen LogP contribution in [-0.2, 0) is 11.2 Å². The van der Waals surface area contributed by atoms with Crippen LogP contribution in [0.5, 0.6) is 0 Å². The average Bonchev–Trinajstić information content (AvgIpc) is 2.89. The Balaban J connectivity index is 1.78. The summed E-state index contributed by atoms with van der Waals surface area (Å²) in [5.41, 5.74) is 2.69. The second-order valence-electron chi connectivity index (χ2n) is 5.15. The third kappa shape index (κ3) is 3.08. The molecule has 0 saturated carbocycles. The van der Waals surface area contributed by atoms with Crippen LogP contribution in [0, 0.1) is 13.8 Å². The van der Waals surface area contributed by atoms with Crippen molar-refractivity contribution in [2.45, 2.75) is 26.3 Å². The van der Waals surface area contributed by atoms with Gasteiger partial charge in [0.1, 0.15) is 0 Å². The summed E-state index contributed by atoms with van der Waals surface area (Å²) in [7, 11) is 0. The number of hydrogen-bond donors (Lipinski definition) is 2. The molecule has 0 aromatic carbocycles. The second-order valence-corrected chi connectivity index (χ2v) is 5.15. The van der Waals surface area contributed by atoms with Gasteiger partial charge in [-0.25, -0.2) is 0 Å². The van der Waals surface area contributed by atoms with Crippen LogP contribution >= 0.6 is 0 Å². The normalized spacial score (nSPS) is 18.6. The van der Waals surface area contributed by atoms with Gasteiger partial charge in [-0.05, 0) is 26.0 Å². The van der Waals surface area contributed by atoms with Crippen LogP contribution in [0.2, 0.25) is 0 Å². The van der Waals surface area contributed by atoms with E-state index < -0.39 is 0 Å². The first-order valence-electron chi connectivity index (χ1n) is 6.91. The van der Waals surface area contributed by atoms with Gasteiger partial charge in [0.15, 0.2) is 0 Å². The minimum atomic E-state index is -0.312. The highest BCUT2D eigenvalue weighted by molar-refractivity contribution is 5.82. The summed E-state index contributed by atoms with van der Waals surface area (Å²) in [6, 6.07) is 3.51. The van der Waals surface area contributed by atoms with Gasteiger partial charge in [0.2, 0.25) is 17.6 Å². The number of nitrogens with zero attached hydrogens (tertiary/aromatic N) is 3. The summed E-state index contributed by atoms with van der Waals surface area (Å²) in [6.07, 6.45) is 0.391. The van der Waals surface area contributed by atoms with Gasteiger partial charge in [0.05, 0.1) is 12.5 Å².